The predicted molar refractivity (Wildman–Crippen MR) is 91.0 cm³/mol. The highest BCUT2D eigenvalue weighted by Crippen LogP contribution is 2.06. The highest BCUT2D eigenvalue weighted by Gasteiger charge is 2.30. The summed E-state index contributed by atoms with van der Waals surface area (Å²) in [6.45, 7) is 3.88. The van der Waals surface area contributed by atoms with E-state index < -0.39 is 48.2 Å². The highest BCUT2D eigenvalue weighted by molar-refractivity contribution is 5.93. The molecule has 0 aromatic heterocycles. The van der Waals surface area contributed by atoms with Crippen LogP contribution in [0.3, 0.4) is 0 Å². The maximum Gasteiger partial charge on any atom is 0.326 e. The van der Waals surface area contributed by atoms with Crippen molar-refractivity contribution >= 4 is 23.7 Å². The molecule has 0 aliphatic carbocycles. The molecule has 10 heteroatoms. The van der Waals surface area contributed by atoms with E-state index in [-0.39, 0.29) is 5.92 Å². The van der Waals surface area contributed by atoms with Crippen LogP contribution in [0, 0.1) is 5.92 Å². The summed E-state index contributed by atoms with van der Waals surface area (Å²) in [4.78, 5) is 46.4. The molecule has 144 valence electrons. The summed E-state index contributed by atoms with van der Waals surface area (Å²) in [6, 6.07) is -3.23. The molecule has 0 aliphatic heterocycles. The lowest BCUT2D eigenvalue weighted by Gasteiger charge is -2.25. The molecule has 0 aliphatic rings. The molecule has 0 spiro atoms. The normalized spacial score (nSPS) is 14.4. The Balaban J connectivity index is 4.86. The average Bonchev–Trinajstić information content (AvgIpc) is 2.50. The first kappa shape index (κ1) is 22.8. The van der Waals surface area contributed by atoms with Gasteiger partial charge in [0.1, 0.15) is 12.1 Å². The topological polar surface area (TPSA) is 191 Å². The van der Waals surface area contributed by atoms with Crippen molar-refractivity contribution in [3.63, 3.8) is 0 Å². The summed E-state index contributed by atoms with van der Waals surface area (Å²) in [5.74, 6) is -3.79. The van der Waals surface area contributed by atoms with Crippen LogP contribution in [0.15, 0.2) is 0 Å². The Morgan fingerprint density at radius 1 is 1.04 bits per heavy atom. The number of amides is 3. The first-order valence-corrected chi connectivity index (χ1v) is 8.17. The second kappa shape index (κ2) is 11.4. The number of carbonyl (C=O) groups is 4. The van der Waals surface area contributed by atoms with Gasteiger partial charge in [0.05, 0.1) is 12.5 Å². The van der Waals surface area contributed by atoms with Gasteiger partial charge < -0.3 is 32.9 Å². The molecule has 25 heavy (non-hydrogen) atoms. The standard InChI is InChI=1S/C15H29N5O5/c1-8(2)12(20-13(22)9(17)5-3-4-6-16)14(23)19-10(15(24)25)7-11(18)21/h8-10,12H,3-7,16-17H2,1-2H3,(H2,18,21)(H,19,23)(H,20,22)(H,24,25). The van der Waals surface area contributed by atoms with Crippen LogP contribution in [0.1, 0.15) is 39.5 Å². The molecular formula is C15H29N5O5. The number of hydrogen-bond acceptors (Lipinski definition) is 6. The van der Waals surface area contributed by atoms with Gasteiger partial charge in [-0.2, -0.15) is 0 Å². The van der Waals surface area contributed by atoms with Crippen LogP contribution in [-0.4, -0.2) is 53.5 Å². The minimum Gasteiger partial charge on any atom is -0.480 e. The zero-order valence-electron chi connectivity index (χ0n) is 14.7. The van der Waals surface area contributed by atoms with E-state index in [0.717, 1.165) is 6.42 Å². The van der Waals surface area contributed by atoms with E-state index in [9.17, 15) is 19.2 Å². The fraction of sp³-hybridized carbons (Fsp3) is 0.733. The van der Waals surface area contributed by atoms with Gasteiger partial charge in [0.25, 0.3) is 0 Å². The third-order valence-corrected chi connectivity index (χ3v) is 3.57. The monoisotopic (exact) mass is 359 g/mol. The quantitative estimate of drug-likeness (QED) is 0.218. The van der Waals surface area contributed by atoms with E-state index in [1.54, 1.807) is 13.8 Å². The minimum atomic E-state index is -1.46. The minimum absolute atomic E-state index is 0.316. The van der Waals surface area contributed by atoms with Crippen molar-refractivity contribution < 1.29 is 24.3 Å². The van der Waals surface area contributed by atoms with Gasteiger partial charge in [-0.25, -0.2) is 4.79 Å². The number of carbonyl (C=O) groups excluding carboxylic acids is 3. The molecule has 0 heterocycles. The molecule has 3 amide bonds. The van der Waals surface area contributed by atoms with Crippen LogP contribution in [0.2, 0.25) is 0 Å². The first-order chi connectivity index (χ1) is 11.6. The lowest BCUT2D eigenvalue weighted by Crippen LogP contribution is -2.56. The fourth-order valence-corrected chi connectivity index (χ4v) is 2.10. The number of carboxylic acid groups (broad SMARTS) is 1. The molecule has 0 aromatic rings. The van der Waals surface area contributed by atoms with Gasteiger partial charge in [0.15, 0.2) is 0 Å². The van der Waals surface area contributed by atoms with Gasteiger partial charge in [-0.05, 0) is 25.3 Å². The second-order valence-corrected chi connectivity index (χ2v) is 6.19. The van der Waals surface area contributed by atoms with Crippen LogP contribution in [0.5, 0.6) is 0 Å². The molecule has 0 rings (SSSR count). The number of primary amides is 1. The number of carboxylic acids is 1. The SMILES string of the molecule is CC(C)C(NC(=O)C(N)CCCCN)C(=O)NC(CC(N)=O)C(=O)O. The summed E-state index contributed by atoms with van der Waals surface area (Å²) in [6.07, 6.45) is 1.30. The fourth-order valence-electron chi connectivity index (χ4n) is 2.10. The van der Waals surface area contributed by atoms with Gasteiger partial charge >= 0.3 is 5.97 Å². The van der Waals surface area contributed by atoms with Crippen LogP contribution in [0.25, 0.3) is 0 Å². The van der Waals surface area contributed by atoms with Gasteiger partial charge in [-0.3, -0.25) is 14.4 Å². The average molecular weight is 359 g/mol. The number of hydrogen-bond donors (Lipinski definition) is 6. The Morgan fingerprint density at radius 3 is 2.08 bits per heavy atom. The van der Waals surface area contributed by atoms with E-state index in [1.807, 2.05) is 0 Å². The molecule has 3 atom stereocenters. The number of nitrogens with two attached hydrogens (primary N) is 3. The van der Waals surface area contributed by atoms with E-state index in [2.05, 4.69) is 10.6 Å². The molecular weight excluding hydrogens is 330 g/mol. The number of aliphatic carboxylic acids is 1. The number of rotatable bonds is 12. The van der Waals surface area contributed by atoms with Gasteiger partial charge in [0, 0.05) is 0 Å². The first-order valence-electron chi connectivity index (χ1n) is 8.17. The Labute approximate surface area is 146 Å². The summed E-state index contributed by atoms with van der Waals surface area (Å²) in [7, 11) is 0. The third-order valence-electron chi connectivity index (χ3n) is 3.57. The maximum atomic E-state index is 12.3. The van der Waals surface area contributed by atoms with E-state index in [0.29, 0.717) is 19.4 Å². The summed E-state index contributed by atoms with van der Waals surface area (Å²) in [5, 5.41) is 13.8. The van der Waals surface area contributed by atoms with Crippen LogP contribution >= 0.6 is 0 Å². The Kier molecular flexibility index (Phi) is 10.4. The molecule has 0 fully saturated rings. The molecule has 0 radical (unpaired) electrons. The summed E-state index contributed by atoms with van der Waals surface area (Å²) >= 11 is 0. The molecule has 10 nitrogen and oxygen atoms in total. The number of unbranched alkanes of at least 4 members (excludes halogenated alkanes) is 1. The number of nitrogens with one attached hydrogen (secondary N) is 2. The molecule has 0 bridgehead atoms. The van der Waals surface area contributed by atoms with Crippen molar-refractivity contribution in [3.8, 4) is 0 Å². The van der Waals surface area contributed by atoms with E-state index >= 15 is 0 Å². The lowest BCUT2D eigenvalue weighted by atomic mass is 10.0. The van der Waals surface area contributed by atoms with Crippen molar-refractivity contribution in [1.82, 2.24) is 10.6 Å². The predicted octanol–water partition coefficient (Wildman–Crippen LogP) is -1.97. The molecule has 0 saturated heterocycles. The third kappa shape index (κ3) is 9.01. The van der Waals surface area contributed by atoms with E-state index in [1.165, 1.54) is 0 Å². The van der Waals surface area contributed by atoms with Crippen molar-refractivity contribution in [3.05, 3.63) is 0 Å². The second-order valence-electron chi connectivity index (χ2n) is 6.19. The maximum absolute atomic E-state index is 12.3. The van der Waals surface area contributed by atoms with Crippen molar-refractivity contribution in [1.29, 1.82) is 0 Å². The smallest absolute Gasteiger partial charge is 0.326 e. The molecule has 0 aromatic carbocycles. The van der Waals surface area contributed by atoms with Crippen molar-refractivity contribution in [2.24, 2.45) is 23.1 Å². The largest absolute Gasteiger partial charge is 0.480 e. The van der Waals surface area contributed by atoms with Gasteiger partial charge in [0.2, 0.25) is 17.7 Å². The Bertz CT molecular complexity index is 483. The molecule has 9 N–H and O–H groups in total. The van der Waals surface area contributed by atoms with E-state index in [4.69, 9.17) is 22.3 Å². The Hall–Kier alpha value is -2.20. The summed E-state index contributed by atoms with van der Waals surface area (Å²) in [5.41, 5.74) is 16.1. The van der Waals surface area contributed by atoms with Crippen LogP contribution < -0.4 is 27.8 Å². The zero-order chi connectivity index (χ0) is 19.6. The van der Waals surface area contributed by atoms with Gasteiger partial charge in [-0.1, -0.05) is 20.3 Å². The molecule has 3 unspecified atom stereocenters. The van der Waals surface area contributed by atoms with Crippen LogP contribution in [0.4, 0.5) is 0 Å². The van der Waals surface area contributed by atoms with Crippen LogP contribution in [-0.2, 0) is 19.2 Å². The Morgan fingerprint density at radius 2 is 1.64 bits per heavy atom. The molecule has 0 saturated carbocycles. The van der Waals surface area contributed by atoms with Gasteiger partial charge in [-0.15, -0.1) is 0 Å². The lowest BCUT2D eigenvalue weighted by molar-refractivity contribution is -0.144. The van der Waals surface area contributed by atoms with Crippen molar-refractivity contribution in [2.45, 2.75) is 57.7 Å². The van der Waals surface area contributed by atoms with Crippen molar-refractivity contribution in [2.75, 3.05) is 6.54 Å². The zero-order valence-corrected chi connectivity index (χ0v) is 14.7. The highest BCUT2D eigenvalue weighted by atomic mass is 16.4. The summed E-state index contributed by atoms with van der Waals surface area (Å²) < 4.78 is 0.